The summed E-state index contributed by atoms with van der Waals surface area (Å²) in [5.74, 6) is 0. The van der Waals surface area contributed by atoms with Crippen LogP contribution in [0, 0.1) is 0 Å². The van der Waals surface area contributed by atoms with Gasteiger partial charge < -0.3 is 9.80 Å². The molecule has 0 spiro atoms. The highest BCUT2D eigenvalue weighted by molar-refractivity contribution is 5.85. The van der Waals surface area contributed by atoms with Gasteiger partial charge in [-0.25, -0.2) is 0 Å². The number of nitrogens with zero attached hydrogens (tertiary/aromatic N) is 4. The predicted molar refractivity (Wildman–Crippen MR) is 87.7 cm³/mol. The van der Waals surface area contributed by atoms with E-state index in [4.69, 9.17) is 4.99 Å². The number of likely N-dealkylation sites (N-methyl/N-ethyl adjacent to an activating group) is 1. The Morgan fingerprint density at radius 2 is 2.00 bits per heavy atom. The van der Waals surface area contributed by atoms with Crippen molar-refractivity contribution < 1.29 is 0 Å². The van der Waals surface area contributed by atoms with E-state index >= 15 is 0 Å². The maximum atomic E-state index is 4.71. The molecule has 1 aromatic rings. The SMILES string of the molecule is CN1CCN(Cc2ccc3c(c2)N=CC2CCCN32)CC1. The summed E-state index contributed by atoms with van der Waals surface area (Å²) in [6.45, 7) is 6.94. The Bertz CT molecular complexity index is 546. The summed E-state index contributed by atoms with van der Waals surface area (Å²) in [6, 6.07) is 7.42. The van der Waals surface area contributed by atoms with Gasteiger partial charge in [0, 0.05) is 45.5 Å². The smallest absolute Gasteiger partial charge is 0.0863 e. The van der Waals surface area contributed by atoms with Gasteiger partial charge in [-0.15, -0.1) is 0 Å². The summed E-state index contributed by atoms with van der Waals surface area (Å²) in [4.78, 5) is 12.2. The average Bonchev–Trinajstić information content (AvgIpc) is 2.98. The Balaban J connectivity index is 1.50. The van der Waals surface area contributed by atoms with Crippen molar-refractivity contribution in [3.05, 3.63) is 23.8 Å². The summed E-state index contributed by atoms with van der Waals surface area (Å²) < 4.78 is 0. The normalized spacial score (nSPS) is 26.0. The largest absolute Gasteiger partial charge is 0.362 e. The molecule has 0 saturated carbocycles. The van der Waals surface area contributed by atoms with Crippen LogP contribution in [0.15, 0.2) is 23.2 Å². The second kappa shape index (κ2) is 5.43. The fourth-order valence-corrected chi connectivity index (χ4v) is 3.69. The van der Waals surface area contributed by atoms with Gasteiger partial charge in [0.25, 0.3) is 0 Å². The minimum absolute atomic E-state index is 0.543. The molecule has 4 heteroatoms. The molecular weight excluding hydrogens is 260 g/mol. The number of hydrogen-bond donors (Lipinski definition) is 0. The molecule has 1 aromatic carbocycles. The van der Waals surface area contributed by atoms with E-state index in [1.807, 2.05) is 0 Å². The summed E-state index contributed by atoms with van der Waals surface area (Å²) in [6.07, 6.45) is 4.69. The van der Waals surface area contributed by atoms with Crippen LogP contribution < -0.4 is 4.90 Å². The van der Waals surface area contributed by atoms with E-state index in [9.17, 15) is 0 Å². The molecule has 0 amide bonds. The van der Waals surface area contributed by atoms with Crippen LogP contribution in [0.5, 0.6) is 0 Å². The third-order valence-corrected chi connectivity index (χ3v) is 5.04. The van der Waals surface area contributed by atoms with E-state index in [-0.39, 0.29) is 0 Å². The van der Waals surface area contributed by atoms with Crippen molar-refractivity contribution in [3.8, 4) is 0 Å². The van der Waals surface area contributed by atoms with Crippen molar-refractivity contribution in [2.24, 2.45) is 4.99 Å². The van der Waals surface area contributed by atoms with E-state index < -0.39 is 0 Å². The van der Waals surface area contributed by atoms with Crippen LogP contribution in [0.1, 0.15) is 18.4 Å². The number of hydrogen-bond acceptors (Lipinski definition) is 4. The van der Waals surface area contributed by atoms with Crippen molar-refractivity contribution in [1.82, 2.24) is 9.80 Å². The lowest BCUT2D eigenvalue weighted by Crippen LogP contribution is -2.43. The molecule has 112 valence electrons. The van der Waals surface area contributed by atoms with Crippen LogP contribution in [0.25, 0.3) is 0 Å². The molecular formula is C17H24N4. The molecule has 0 aromatic heterocycles. The van der Waals surface area contributed by atoms with Gasteiger partial charge in [0.15, 0.2) is 0 Å². The first-order valence-electron chi connectivity index (χ1n) is 8.14. The predicted octanol–water partition coefficient (Wildman–Crippen LogP) is 2.12. The van der Waals surface area contributed by atoms with Crippen molar-refractivity contribution in [3.63, 3.8) is 0 Å². The van der Waals surface area contributed by atoms with Gasteiger partial charge in [-0.1, -0.05) is 6.07 Å². The molecule has 3 heterocycles. The third kappa shape index (κ3) is 2.58. The summed E-state index contributed by atoms with van der Waals surface area (Å²) in [7, 11) is 2.21. The molecule has 0 bridgehead atoms. The van der Waals surface area contributed by atoms with Crippen LogP contribution in [-0.4, -0.2) is 61.8 Å². The fourth-order valence-electron chi connectivity index (χ4n) is 3.69. The molecule has 4 nitrogen and oxygen atoms in total. The third-order valence-electron chi connectivity index (χ3n) is 5.04. The van der Waals surface area contributed by atoms with Crippen molar-refractivity contribution in [1.29, 1.82) is 0 Å². The lowest BCUT2D eigenvalue weighted by molar-refractivity contribution is 0.148. The van der Waals surface area contributed by atoms with Crippen molar-refractivity contribution in [2.45, 2.75) is 25.4 Å². The Morgan fingerprint density at radius 3 is 2.86 bits per heavy atom. The zero-order valence-electron chi connectivity index (χ0n) is 12.8. The van der Waals surface area contributed by atoms with Crippen LogP contribution in [-0.2, 0) is 6.54 Å². The molecule has 4 rings (SSSR count). The zero-order valence-corrected chi connectivity index (χ0v) is 12.8. The van der Waals surface area contributed by atoms with Crippen LogP contribution in [0.2, 0.25) is 0 Å². The standard InChI is InChI=1S/C17H24N4/c1-19-7-9-20(10-8-19)13-14-4-5-17-16(11-14)18-12-15-3-2-6-21(15)17/h4-5,11-12,15H,2-3,6-10,13H2,1H3. The number of anilines is 1. The van der Waals surface area contributed by atoms with Crippen molar-refractivity contribution in [2.75, 3.05) is 44.7 Å². The van der Waals surface area contributed by atoms with Gasteiger partial charge in [-0.3, -0.25) is 9.89 Å². The van der Waals surface area contributed by atoms with Crippen LogP contribution in [0.3, 0.4) is 0 Å². The Morgan fingerprint density at radius 1 is 1.14 bits per heavy atom. The zero-order chi connectivity index (χ0) is 14.2. The number of benzene rings is 1. The summed E-state index contributed by atoms with van der Waals surface area (Å²) in [5, 5.41) is 0. The first-order valence-corrected chi connectivity index (χ1v) is 8.14. The Kier molecular flexibility index (Phi) is 3.43. The quantitative estimate of drug-likeness (QED) is 0.830. The number of piperazine rings is 1. The molecule has 3 aliphatic rings. The lowest BCUT2D eigenvalue weighted by atomic mass is 10.1. The average molecular weight is 284 g/mol. The monoisotopic (exact) mass is 284 g/mol. The van der Waals surface area contributed by atoms with Crippen molar-refractivity contribution >= 4 is 17.6 Å². The van der Waals surface area contributed by atoms with Gasteiger partial charge in [-0.2, -0.15) is 0 Å². The Labute approximate surface area is 127 Å². The first-order chi connectivity index (χ1) is 10.3. The van der Waals surface area contributed by atoms with E-state index in [0.717, 1.165) is 6.54 Å². The van der Waals surface area contributed by atoms with Gasteiger partial charge >= 0.3 is 0 Å². The van der Waals surface area contributed by atoms with E-state index in [1.54, 1.807) is 0 Å². The summed E-state index contributed by atoms with van der Waals surface area (Å²) >= 11 is 0. The number of fused-ring (bicyclic) bond motifs is 3. The molecule has 2 saturated heterocycles. The first kappa shape index (κ1) is 13.3. The van der Waals surface area contributed by atoms with Crippen LogP contribution >= 0.6 is 0 Å². The van der Waals surface area contributed by atoms with E-state index in [1.165, 1.54) is 62.5 Å². The van der Waals surface area contributed by atoms with Gasteiger partial charge in [0.05, 0.1) is 17.4 Å². The van der Waals surface area contributed by atoms with E-state index in [0.29, 0.717) is 6.04 Å². The molecule has 0 radical (unpaired) electrons. The molecule has 2 fully saturated rings. The highest BCUT2D eigenvalue weighted by atomic mass is 15.2. The van der Waals surface area contributed by atoms with E-state index in [2.05, 4.69) is 46.2 Å². The minimum Gasteiger partial charge on any atom is -0.362 e. The topological polar surface area (TPSA) is 22.1 Å². The molecule has 1 atom stereocenters. The lowest BCUT2D eigenvalue weighted by Gasteiger charge is -2.33. The highest BCUT2D eigenvalue weighted by Crippen LogP contribution is 2.37. The Hall–Kier alpha value is -1.39. The fraction of sp³-hybridized carbons (Fsp3) is 0.588. The molecule has 0 N–H and O–H groups in total. The number of aliphatic imine (C=N–C) groups is 1. The van der Waals surface area contributed by atoms with Gasteiger partial charge in [0.2, 0.25) is 0 Å². The maximum absolute atomic E-state index is 4.71. The second-order valence-electron chi connectivity index (χ2n) is 6.58. The van der Waals surface area contributed by atoms with Gasteiger partial charge in [0.1, 0.15) is 0 Å². The van der Waals surface area contributed by atoms with Gasteiger partial charge in [-0.05, 0) is 37.6 Å². The second-order valence-corrected chi connectivity index (χ2v) is 6.58. The molecule has 3 aliphatic heterocycles. The maximum Gasteiger partial charge on any atom is 0.0863 e. The molecule has 1 unspecified atom stereocenters. The highest BCUT2D eigenvalue weighted by Gasteiger charge is 2.28. The number of rotatable bonds is 2. The molecule has 0 aliphatic carbocycles. The minimum atomic E-state index is 0.543. The summed E-state index contributed by atoms with van der Waals surface area (Å²) in [5.41, 5.74) is 3.90. The molecule has 21 heavy (non-hydrogen) atoms. The van der Waals surface area contributed by atoms with Crippen LogP contribution in [0.4, 0.5) is 11.4 Å².